The van der Waals surface area contributed by atoms with Gasteiger partial charge in [-0.2, -0.15) is 0 Å². The van der Waals surface area contributed by atoms with Crippen LogP contribution in [-0.4, -0.2) is 58.0 Å². The number of carbonyl (C=O) groups is 1. The molecule has 0 aliphatic carbocycles. The number of aromatic nitrogens is 2. The average Bonchev–Trinajstić information content (AvgIpc) is 3.44. The Hall–Kier alpha value is -2.86. The van der Waals surface area contributed by atoms with E-state index >= 15 is 0 Å². The second kappa shape index (κ2) is 8.48. The van der Waals surface area contributed by atoms with Crippen molar-refractivity contribution in [1.82, 2.24) is 19.8 Å². The number of para-hydroxylation sites is 2. The van der Waals surface area contributed by atoms with E-state index in [2.05, 4.69) is 20.9 Å². The lowest BCUT2D eigenvalue weighted by molar-refractivity contribution is 0.0789. The number of hydrogen-bond donors (Lipinski definition) is 1. The van der Waals surface area contributed by atoms with Crippen LogP contribution in [-0.2, 0) is 6.54 Å². The van der Waals surface area contributed by atoms with Crippen molar-refractivity contribution in [2.45, 2.75) is 38.3 Å². The third-order valence-corrected chi connectivity index (χ3v) is 6.12. The monoisotopic (exact) mass is 404 g/mol. The molecule has 0 saturated carbocycles. The normalized spacial score (nSPS) is 18.2. The molecular formula is C24H28N4O2. The molecule has 2 saturated heterocycles. The minimum absolute atomic E-state index is 0.124. The number of amides is 1. The van der Waals surface area contributed by atoms with Gasteiger partial charge in [0.25, 0.3) is 5.91 Å². The molecule has 5 rings (SSSR count). The maximum Gasteiger partial charge on any atom is 0.253 e. The molecule has 0 radical (unpaired) electrons. The Morgan fingerprint density at radius 1 is 1.03 bits per heavy atom. The van der Waals surface area contributed by atoms with Crippen LogP contribution < -0.4 is 4.74 Å². The number of imidazole rings is 1. The van der Waals surface area contributed by atoms with Crippen LogP contribution in [0.1, 0.15) is 41.9 Å². The molecule has 1 amide bonds. The van der Waals surface area contributed by atoms with Gasteiger partial charge in [0.15, 0.2) is 0 Å². The zero-order chi connectivity index (χ0) is 20.3. The number of benzene rings is 2. The van der Waals surface area contributed by atoms with Gasteiger partial charge >= 0.3 is 0 Å². The van der Waals surface area contributed by atoms with Gasteiger partial charge in [-0.25, -0.2) is 4.98 Å². The van der Waals surface area contributed by atoms with Gasteiger partial charge in [0.05, 0.1) is 17.6 Å². The number of hydrogen-bond acceptors (Lipinski definition) is 4. The number of nitrogens with zero attached hydrogens (tertiary/aromatic N) is 3. The van der Waals surface area contributed by atoms with Crippen LogP contribution in [0, 0.1) is 0 Å². The Balaban J connectivity index is 1.15. The topological polar surface area (TPSA) is 61.5 Å². The number of rotatable bonds is 5. The molecule has 2 aromatic carbocycles. The van der Waals surface area contributed by atoms with E-state index in [9.17, 15) is 4.79 Å². The summed E-state index contributed by atoms with van der Waals surface area (Å²) in [5, 5.41) is 0. The van der Waals surface area contributed by atoms with Gasteiger partial charge < -0.3 is 14.6 Å². The second-order valence-electron chi connectivity index (χ2n) is 8.32. The minimum Gasteiger partial charge on any atom is -0.490 e. The summed E-state index contributed by atoms with van der Waals surface area (Å²) >= 11 is 0. The summed E-state index contributed by atoms with van der Waals surface area (Å²) in [6.07, 6.45) is 4.35. The summed E-state index contributed by atoms with van der Waals surface area (Å²) in [5.41, 5.74) is 2.85. The molecule has 6 nitrogen and oxygen atoms in total. The van der Waals surface area contributed by atoms with Gasteiger partial charge in [0, 0.05) is 31.7 Å². The molecule has 0 unspecified atom stereocenters. The van der Waals surface area contributed by atoms with Crippen LogP contribution in [0.4, 0.5) is 0 Å². The highest BCUT2D eigenvalue weighted by Crippen LogP contribution is 2.23. The van der Waals surface area contributed by atoms with Crippen LogP contribution in [0.25, 0.3) is 11.0 Å². The fourth-order valence-electron chi connectivity index (χ4n) is 4.48. The van der Waals surface area contributed by atoms with E-state index < -0.39 is 0 Å². The first-order chi connectivity index (χ1) is 14.7. The van der Waals surface area contributed by atoms with Crippen LogP contribution >= 0.6 is 0 Å². The van der Waals surface area contributed by atoms with Crippen LogP contribution in [0.2, 0.25) is 0 Å². The summed E-state index contributed by atoms with van der Waals surface area (Å²) in [4.78, 5) is 25.1. The summed E-state index contributed by atoms with van der Waals surface area (Å²) in [7, 11) is 0. The van der Waals surface area contributed by atoms with E-state index in [1.165, 1.54) is 0 Å². The predicted molar refractivity (Wildman–Crippen MR) is 117 cm³/mol. The maximum absolute atomic E-state index is 12.6. The third kappa shape index (κ3) is 4.19. The average molecular weight is 405 g/mol. The molecule has 2 aliphatic heterocycles. The molecule has 6 heteroatoms. The van der Waals surface area contributed by atoms with E-state index in [0.717, 1.165) is 86.6 Å². The zero-order valence-corrected chi connectivity index (χ0v) is 17.2. The number of ether oxygens (including phenoxy) is 1. The zero-order valence-electron chi connectivity index (χ0n) is 17.2. The summed E-state index contributed by atoms with van der Waals surface area (Å²) in [6.45, 7) is 4.53. The standard InChI is InChI=1S/C24H28N4O2/c29-24(28-12-3-4-13-28)18-6-5-7-20(16-18)30-19-10-14-27(15-11-19)17-23-25-21-8-1-2-9-22(21)26-23/h1-2,5-9,16,19H,3-4,10-15,17H2,(H,25,26). The lowest BCUT2D eigenvalue weighted by atomic mass is 10.1. The van der Waals surface area contributed by atoms with Crippen molar-refractivity contribution in [3.63, 3.8) is 0 Å². The predicted octanol–water partition coefficient (Wildman–Crippen LogP) is 3.84. The fourth-order valence-corrected chi connectivity index (χ4v) is 4.48. The van der Waals surface area contributed by atoms with Gasteiger partial charge in [0.1, 0.15) is 17.7 Å². The quantitative estimate of drug-likeness (QED) is 0.702. The van der Waals surface area contributed by atoms with Crippen molar-refractivity contribution >= 4 is 16.9 Å². The van der Waals surface area contributed by atoms with Crippen molar-refractivity contribution < 1.29 is 9.53 Å². The van der Waals surface area contributed by atoms with E-state index in [1.54, 1.807) is 0 Å². The van der Waals surface area contributed by atoms with Gasteiger partial charge in [0.2, 0.25) is 0 Å². The maximum atomic E-state index is 12.6. The van der Waals surface area contributed by atoms with Gasteiger partial charge in [-0.3, -0.25) is 9.69 Å². The third-order valence-electron chi connectivity index (χ3n) is 6.12. The molecule has 2 aliphatic rings. The molecular weight excluding hydrogens is 376 g/mol. The lowest BCUT2D eigenvalue weighted by Gasteiger charge is -2.31. The van der Waals surface area contributed by atoms with Gasteiger partial charge in [-0.1, -0.05) is 18.2 Å². The molecule has 30 heavy (non-hydrogen) atoms. The fraction of sp³-hybridized carbons (Fsp3) is 0.417. The largest absolute Gasteiger partial charge is 0.490 e. The SMILES string of the molecule is O=C(c1cccc(OC2CCN(Cc3nc4ccccc4[nH]3)CC2)c1)N1CCCC1. The minimum atomic E-state index is 0.124. The van der Waals surface area contributed by atoms with Crippen molar-refractivity contribution in [1.29, 1.82) is 0 Å². The van der Waals surface area contributed by atoms with Gasteiger partial charge in [-0.05, 0) is 56.0 Å². The van der Waals surface area contributed by atoms with Crippen molar-refractivity contribution in [2.75, 3.05) is 26.2 Å². The van der Waals surface area contributed by atoms with E-state index in [-0.39, 0.29) is 12.0 Å². The Labute approximate surface area is 176 Å². The molecule has 156 valence electrons. The number of nitrogens with one attached hydrogen (secondary N) is 1. The van der Waals surface area contributed by atoms with Crippen molar-refractivity contribution in [3.8, 4) is 5.75 Å². The lowest BCUT2D eigenvalue weighted by Crippen LogP contribution is -2.38. The van der Waals surface area contributed by atoms with E-state index in [0.29, 0.717) is 0 Å². The first-order valence-electron chi connectivity index (χ1n) is 11.0. The second-order valence-corrected chi connectivity index (χ2v) is 8.32. The van der Waals surface area contributed by atoms with Crippen molar-refractivity contribution in [3.05, 3.63) is 59.9 Å². The number of fused-ring (bicyclic) bond motifs is 1. The smallest absolute Gasteiger partial charge is 0.253 e. The molecule has 0 atom stereocenters. The number of H-pyrrole nitrogens is 1. The molecule has 3 aromatic rings. The van der Waals surface area contributed by atoms with Crippen LogP contribution in [0.15, 0.2) is 48.5 Å². The Kier molecular flexibility index (Phi) is 5.41. The Bertz CT molecular complexity index is 984. The molecule has 2 fully saturated rings. The first-order valence-corrected chi connectivity index (χ1v) is 11.0. The van der Waals surface area contributed by atoms with Gasteiger partial charge in [-0.15, -0.1) is 0 Å². The number of likely N-dealkylation sites (tertiary alicyclic amines) is 2. The molecule has 3 heterocycles. The summed E-state index contributed by atoms with van der Waals surface area (Å²) < 4.78 is 6.23. The van der Waals surface area contributed by atoms with Crippen LogP contribution in [0.5, 0.6) is 5.75 Å². The Morgan fingerprint density at radius 3 is 2.63 bits per heavy atom. The Morgan fingerprint density at radius 2 is 1.83 bits per heavy atom. The number of carbonyl (C=O) groups excluding carboxylic acids is 1. The highest BCUT2D eigenvalue weighted by Gasteiger charge is 2.23. The first kappa shape index (κ1) is 19.1. The van der Waals surface area contributed by atoms with E-state index in [4.69, 9.17) is 4.74 Å². The summed E-state index contributed by atoms with van der Waals surface area (Å²) in [5.74, 6) is 1.94. The molecule has 0 spiro atoms. The molecule has 0 bridgehead atoms. The van der Waals surface area contributed by atoms with E-state index in [1.807, 2.05) is 47.4 Å². The molecule has 1 aromatic heterocycles. The molecule has 1 N–H and O–H groups in total. The highest BCUT2D eigenvalue weighted by molar-refractivity contribution is 5.94. The number of aromatic amines is 1. The van der Waals surface area contributed by atoms with Crippen LogP contribution in [0.3, 0.4) is 0 Å². The van der Waals surface area contributed by atoms with Crippen molar-refractivity contribution in [2.24, 2.45) is 0 Å². The summed E-state index contributed by atoms with van der Waals surface area (Å²) in [6, 6.07) is 15.8. The number of piperidine rings is 1. The highest BCUT2D eigenvalue weighted by atomic mass is 16.5.